The lowest BCUT2D eigenvalue weighted by Gasteiger charge is -2.12. The lowest BCUT2D eigenvalue weighted by Crippen LogP contribution is -2.30. The molecule has 0 unspecified atom stereocenters. The van der Waals surface area contributed by atoms with Crippen molar-refractivity contribution < 1.29 is 14.0 Å². The monoisotopic (exact) mass is 425 g/mol. The van der Waals surface area contributed by atoms with Crippen LogP contribution in [0.4, 0.5) is 10.1 Å². The molecule has 0 aliphatic carbocycles. The summed E-state index contributed by atoms with van der Waals surface area (Å²) in [6.45, 7) is 5.66. The number of nitrogens with one attached hydrogen (secondary N) is 2. The number of hydrogen-bond donors (Lipinski definition) is 2. The number of aryl methyl sites for hydroxylation is 1. The fourth-order valence-electron chi connectivity index (χ4n) is 2.99. The van der Waals surface area contributed by atoms with Gasteiger partial charge in [0.15, 0.2) is 0 Å². The van der Waals surface area contributed by atoms with E-state index in [2.05, 4.69) is 15.6 Å². The van der Waals surface area contributed by atoms with Crippen LogP contribution >= 0.6 is 11.3 Å². The highest BCUT2D eigenvalue weighted by Gasteiger charge is 2.13. The summed E-state index contributed by atoms with van der Waals surface area (Å²) in [5.41, 5.74) is 3.69. The topological polar surface area (TPSA) is 71.1 Å². The van der Waals surface area contributed by atoms with Crippen molar-refractivity contribution in [3.05, 3.63) is 81.1 Å². The Labute approximate surface area is 179 Å². The Kier molecular flexibility index (Phi) is 6.95. The van der Waals surface area contributed by atoms with Gasteiger partial charge in [-0.25, -0.2) is 9.37 Å². The highest BCUT2D eigenvalue weighted by molar-refractivity contribution is 7.09. The first-order valence-electron chi connectivity index (χ1n) is 9.69. The number of carbonyl (C=O) groups excluding carboxylic acids is 2. The second-order valence-electron chi connectivity index (χ2n) is 7.42. The molecule has 3 aromatic rings. The minimum Gasteiger partial charge on any atom is -0.350 e. The van der Waals surface area contributed by atoms with Gasteiger partial charge in [0, 0.05) is 29.1 Å². The van der Waals surface area contributed by atoms with Crippen molar-refractivity contribution in [2.24, 2.45) is 0 Å². The van der Waals surface area contributed by atoms with Crippen LogP contribution in [0.1, 0.15) is 46.0 Å². The third kappa shape index (κ3) is 5.97. The Morgan fingerprint density at radius 3 is 2.53 bits per heavy atom. The van der Waals surface area contributed by atoms with E-state index in [9.17, 15) is 14.0 Å². The van der Waals surface area contributed by atoms with E-state index in [1.165, 1.54) is 23.5 Å². The minimum absolute atomic E-state index is 0.0577. The molecule has 7 heteroatoms. The van der Waals surface area contributed by atoms with Gasteiger partial charge in [0.25, 0.3) is 5.91 Å². The predicted molar refractivity (Wildman–Crippen MR) is 117 cm³/mol. The normalized spacial score (nSPS) is 10.8. The molecular formula is C23H24FN3O2S. The number of nitrogens with zero attached hydrogens (tertiary/aromatic N) is 1. The molecule has 3 rings (SSSR count). The lowest BCUT2D eigenvalue weighted by molar-refractivity contribution is -0.115. The number of hydrogen-bond acceptors (Lipinski definition) is 4. The molecule has 0 radical (unpaired) electrons. The van der Waals surface area contributed by atoms with Gasteiger partial charge in [-0.3, -0.25) is 9.59 Å². The van der Waals surface area contributed by atoms with Crippen molar-refractivity contribution >= 4 is 28.8 Å². The number of halogens is 1. The summed E-state index contributed by atoms with van der Waals surface area (Å²) in [4.78, 5) is 29.1. The van der Waals surface area contributed by atoms with E-state index in [4.69, 9.17) is 0 Å². The van der Waals surface area contributed by atoms with E-state index in [0.717, 1.165) is 16.1 Å². The van der Waals surface area contributed by atoms with E-state index in [1.807, 2.05) is 26.2 Å². The average molecular weight is 426 g/mol. The maximum absolute atomic E-state index is 13.0. The molecule has 0 atom stereocenters. The average Bonchev–Trinajstić information content (AvgIpc) is 3.09. The Hall–Kier alpha value is -3.06. The lowest BCUT2D eigenvalue weighted by atomic mass is 10.1. The maximum Gasteiger partial charge on any atom is 0.251 e. The van der Waals surface area contributed by atoms with Crippen LogP contribution < -0.4 is 10.6 Å². The first kappa shape index (κ1) is 21.6. The van der Waals surface area contributed by atoms with Crippen molar-refractivity contribution in [2.45, 2.75) is 39.7 Å². The van der Waals surface area contributed by atoms with Crippen LogP contribution in [-0.2, 0) is 17.6 Å². The molecule has 0 bridgehead atoms. The fourth-order valence-corrected chi connectivity index (χ4v) is 3.82. The zero-order chi connectivity index (χ0) is 21.7. The third-order valence-electron chi connectivity index (χ3n) is 4.38. The fraction of sp³-hybridized carbons (Fsp3) is 0.261. The van der Waals surface area contributed by atoms with Crippen molar-refractivity contribution in [1.82, 2.24) is 10.3 Å². The SMILES string of the molecule is Cc1cc(NC(=O)Cc2csc(Cc3ccc(F)cc3)n2)ccc1C(=O)NC(C)C. The minimum atomic E-state index is -0.265. The highest BCUT2D eigenvalue weighted by Crippen LogP contribution is 2.18. The number of rotatable bonds is 7. The van der Waals surface area contributed by atoms with Crippen LogP contribution in [-0.4, -0.2) is 22.8 Å². The zero-order valence-corrected chi connectivity index (χ0v) is 18.0. The van der Waals surface area contributed by atoms with Gasteiger partial charge in [-0.15, -0.1) is 11.3 Å². The molecule has 0 saturated carbocycles. The van der Waals surface area contributed by atoms with Crippen molar-refractivity contribution in [3.8, 4) is 0 Å². The van der Waals surface area contributed by atoms with E-state index in [1.54, 1.807) is 30.3 Å². The first-order chi connectivity index (χ1) is 14.3. The van der Waals surface area contributed by atoms with Crippen molar-refractivity contribution in [1.29, 1.82) is 0 Å². The molecule has 156 valence electrons. The largest absolute Gasteiger partial charge is 0.350 e. The molecule has 1 heterocycles. The number of carbonyl (C=O) groups is 2. The summed E-state index contributed by atoms with van der Waals surface area (Å²) in [5, 5.41) is 8.46. The first-order valence-corrected chi connectivity index (χ1v) is 10.6. The van der Waals surface area contributed by atoms with Gasteiger partial charge in [-0.1, -0.05) is 12.1 Å². The van der Waals surface area contributed by atoms with E-state index < -0.39 is 0 Å². The number of thiazole rings is 1. The molecule has 0 fully saturated rings. The number of anilines is 1. The Bertz CT molecular complexity index is 1040. The molecule has 30 heavy (non-hydrogen) atoms. The van der Waals surface area contributed by atoms with Gasteiger partial charge in [0.1, 0.15) is 5.82 Å². The number of benzene rings is 2. The smallest absolute Gasteiger partial charge is 0.251 e. The third-order valence-corrected chi connectivity index (χ3v) is 5.28. The van der Waals surface area contributed by atoms with Crippen LogP contribution in [0.3, 0.4) is 0 Å². The second-order valence-corrected chi connectivity index (χ2v) is 8.36. The number of aromatic nitrogens is 1. The Balaban J connectivity index is 1.58. The quantitative estimate of drug-likeness (QED) is 0.585. The van der Waals surface area contributed by atoms with Gasteiger partial charge >= 0.3 is 0 Å². The standard InChI is InChI=1S/C23H24FN3O2S/c1-14(2)25-23(29)20-9-8-18(10-15(20)3)26-21(28)12-19-13-30-22(27-19)11-16-4-6-17(24)7-5-16/h4-10,13-14H,11-12H2,1-3H3,(H,25,29)(H,26,28). The molecule has 0 aliphatic heterocycles. The Morgan fingerprint density at radius 2 is 1.87 bits per heavy atom. The molecule has 0 saturated heterocycles. The summed E-state index contributed by atoms with van der Waals surface area (Å²) in [6.07, 6.45) is 0.764. The van der Waals surface area contributed by atoms with Crippen molar-refractivity contribution in [3.63, 3.8) is 0 Å². The van der Waals surface area contributed by atoms with Gasteiger partial charge in [0.2, 0.25) is 5.91 Å². The van der Waals surface area contributed by atoms with Crippen LogP contribution in [0, 0.1) is 12.7 Å². The summed E-state index contributed by atoms with van der Waals surface area (Å²) in [6, 6.07) is 11.6. The second kappa shape index (κ2) is 9.63. The van der Waals surface area contributed by atoms with Crippen LogP contribution in [0.25, 0.3) is 0 Å². The van der Waals surface area contributed by atoms with Gasteiger partial charge < -0.3 is 10.6 Å². The summed E-state index contributed by atoms with van der Waals surface area (Å²) < 4.78 is 13.0. The van der Waals surface area contributed by atoms with Crippen molar-refractivity contribution in [2.75, 3.05) is 5.32 Å². The van der Waals surface area contributed by atoms with Gasteiger partial charge in [-0.05, 0) is 62.2 Å². The van der Waals surface area contributed by atoms with Crippen LogP contribution in [0.2, 0.25) is 0 Å². The molecule has 2 aromatic carbocycles. The van der Waals surface area contributed by atoms with Crippen LogP contribution in [0.15, 0.2) is 47.8 Å². The zero-order valence-electron chi connectivity index (χ0n) is 17.2. The highest BCUT2D eigenvalue weighted by atomic mass is 32.1. The molecule has 2 amide bonds. The summed E-state index contributed by atoms with van der Waals surface area (Å²) >= 11 is 1.48. The van der Waals surface area contributed by atoms with Gasteiger partial charge in [-0.2, -0.15) is 0 Å². The van der Waals surface area contributed by atoms with Crippen LogP contribution in [0.5, 0.6) is 0 Å². The molecular weight excluding hydrogens is 401 g/mol. The molecule has 2 N–H and O–H groups in total. The van der Waals surface area contributed by atoms with Gasteiger partial charge in [0.05, 0.1) is 17.1 Å². The molecule has 0 spiro atoms. The summed E-state index contributed by atoms with van der Waals surface area (Å²) in [5.74, 6) is -0.567. The predicted octanol–water partition coefficient (Wildman–Crippen LogP) is 4.50. The molecule has 1 aromatic heterocycles. The summed E-state index contributed by atoms with van der Waals surface area (Å²) in [7, 11) is 0. The molecule has 5 nitrogen and oxygen atoms in total. The Morgan fingerprint density at radius 1 is 1.13 bits per heavy atom. The van der Waals surface area contributed by atoms with E-state index >= 15 is 0 Å². The number of amides is 2. The molecule has 0 aliphatic rings. The maximum atomic E-state index is 13.0. The van der Waals surface area contributed by atoms with E-state index in [-0.39, 0.29) is 30.1 Å². The van der Waals surface area contributed by atoms with E-state index in [0.29, 0.717) is 23.4 Å².